The molecule has 0 fully saturated rings. The third-order valence-corrected chi connectivity index (χ3v) is 3.91. The van der Waals surface area contributed by atoms with E-state index < -0.39 is 0 Å². The Morgan fingerprint density at radius 2 is 1.35 bits per heavy atom. The van der Waals surface area contributed by atoms with E-state index in [1.165, 1.54) is 0 Å². The number of hydrogen-bond donors (Lipinski definition) is 3. The summed E-state index contributed by atoms with van der Waals surface area (Å²) < 4.78 is 11.4. The van der Waals surface area contributed by atoms with E-state index in [-0.39, 0.29) is 5.84 Å². The molecule has 2 aromatic carbocycles. The highest BCUT2D eigenvalue weighted by Crippen LogP contribution is 2.14. The Labute approximate surface area is 153 Å². The maximum Gasteiger partial charge on any atom is 0.122 e. The number of amidine groups is 1. The molecule has 2 aromatic rings. The van der Waals surface area contributed by atoms with E-state index in [1.807, 2.05) is 36.4 Å². The molecule has 0 aliphatic heterocycles. The van der Waals surface area contributed by atoms with Crippen LogP contribution in [0.2, 0.25) is 0 Å². The summed E-state index contributed by atoms with van der Waals surface area (Å²) in [5.74, 6) is 1.65. The van der Waals surface area contributed by atoms with Crippen molar-refractivity contribution in [3.63, 3.8) is 0 Å². The van der Waals surface area contributed by atoms with Crippen LogP contribution in [0.4, 0.5) is 0 Å². The van der Waals surface area contributed by atoms with Crippen LogP contribution in [-0.4, -0.2) is 30.0 Å². The first-order valence-electron chi connectivity index (χ1n) is 8.59. The van der Waals surface area contributed by atoms with Gasteiger partial charge in [0.05, 0.1) is 18.9 Å². The molecule has 0 radical (unpaired) electrons. The van der Waals surface area contributed by atoms with Gasteiger partial charge in [-0.3, -0.25) is 5.41 Å². The van der Waals surface area contributed by atoms with Gasteiger partial charge in [-0.15, -0.1) is 0 Å². The van der Waals surface area contributed by atoms with E-state index in [9.17, 15) is 0 Å². The monoisotopic (exact) mass is 355 g/mol. The predicted octanol–water partition coefficient (Wildman–Crippen LogP) is 3.80. The molecule has 26 heavy (non-hydrogen) atoms. The maximum absolute atomic E-state index is 8.74. The number of oxime groups is 1. The minimum atomic E-state index is 0.0582. The van der Waals surface area contributed by atoms with Gasteiger partial charge in [0.25, 0.3) is 0 Å². The standard InChI is InChI=1S/C20H25N3O3/c1-15(23-24)16-5-9-18(10-6-16)25-13-3-2-4-14-26-19-11-7-17(8-12-19)20(21)22/h5-12,24H,2-4,13-14H2,1H3,(H3,21,22). The van der Waals surface area contributed by atoms with Crippen LogP contribution in [0.5, 0.6) is 11.5 Å². The van der Waals surface area contributed by atoms with E-state index in [1.54, 1.807) is 19.1 Å². The minimum Gasteiger partial charge on any atom is -0.494 e. The second kappa shape index (κ2) is 10.1. The van der Waals surface area contributed by atoms with Crippen molar-refractivity contribution in [2.24, 2.45) is 10.9 Å². The quantitative estimate of drug-likeness (QED) is 0.198. The molecule has 4 N–H and O–H groups in total. The summed E-state index contributed by atoms with van der Waals surface area (Å²) in [5.41, 5.74) is 7.56. The van der Waals surface area contributed by atoms with E-state index in [0.717, 1.165) is 36.3 Å². The highest BCUT2D eigenvalue weighted by Gasteiger charge is 2.00. The molecule has 0 unspecified atom stereocenters. The van der Waals surface area contributed by atoms with Gasteiger partial charge in [0.2, 0.25) is 0 Å². The third kappa shape index (κ3) is 6.12. The fraction of sp³-hybridized carbons (Fsp3) is 0.300. The first-order valence-corrected chi connectivity index (χ1v) is 8.59. The topological polar surface area (TPSA) is 101 Å². The molecule has 2 rings (SSSR count). The van der Waals surface area contributed by atoms with Gasteiger partial charge in [-0.05, 0) is 80.3 Å². The van der Waals surface area contributed by atoms with Gasteiger partial charge in [-0.1, -0.05) is 5.16 Å². The SMILES string of the molecule is CC(=NO)c1ccc(OCCCCCOc2ccc(C(=N)N)cc2)cc1. The van der Waals surface area contributed by atoms with Crippen LogP contribution >= 0.6 is 0 Å². The van der Waals surface area contributed by atoms with Crippen LogP contribution < -0.4 is 15.2 Å². The molecule has 0 saturated heterocycles. The van der Waals surface area contributed by atoms with Crippen LogP contribution in [0.25, 0.3) is 0 Å². The molecular weight excluding hydrogens is 330 g/mol. The Morgan fingerprint density at radius 1 is 0.885 bits per heavy atom. The lowest BCUT2D eigenvalue weighted by atomic mass is 10.1. The summed E-state index contributed by atoms with van der Waals surface area (Å²) in [4.78, 5) is 0. The Bertz CT molecular complexity index is 725. The van der Waals surface area contributed by atoms with Crippen molar-refractivity contribution in [2.75, 3.05) is 13.2 Å². The predicted molar refractivity (Wildman–Crippen MR) is 103 cm³/mol. The smallest absolute Gasteiger partial charge is 0.122 e. The van der Waals surface area contributed by atoms with E-state index in [2.05, 4.69) is 5.16 Å². The summed E-state index contributed by atoms with van der Waals surface area (Å²) >= 11 is 0. The van der Waals surface area contributed by atoms with Crippen molar-refractivity contribution in [1.82, 2.24) is 0 Å². The van der Waals surface area contributed by atoms with E-state index in [4.69, 9.17) is 25.8 Å². The number of nitrogens with zero attached hydrogens (tertiary/aromatic N) is 1. The number of nitrogens with two attached hydrogens (primary N) is 1. The molecule has 0 aromatic heterocycles. The summed E-state index contributed by atoms with van der Waals surface area (Å²) in [7, 11) is 0. The normalized spacial score (nSPS) is 11.2. The summed E-state index contributed by atoms with van der Waals surface area (Å²) in [5, 5.41) is 19.3. The molecule has 0 saturated carbocycles. The zero-order valence-corrected chi connectivity index (χ0v) is 14.9. The number of ether oxygens (including phenoxy) is 2. The zero-order valence-electron chi connectivity index (χ0n) is 14.9. The molecule has 0 aliphatic rings. The zero-order chi connectivity index (χ0) is 18.8. The highest BCUT2D eigenvalue weighted by molar-refractivity contribution is 5.98. The van der Waals surface area contributed by atoms with E-state index in [0.29, 0.717) is 24.5 Å². The first kappa shape index (κ1) is 19.3. The van der Waals surface area contributed by atoms with Crippen LogP contribution in [0.15, 0.2) is 53.7 Å². The average molecular weight is 355 g/mol. The van der Waals surface area contributed by atoms with Crippen LogP contribution in [-0.2, 0) is 0 Å². The molecule has 0 bridgehead atoms. The van der Waals surface area contributed by atoms with Crippen molar-refractivity contribution in [3.05, 3.63) is 59.7 Å². The Morgan fingerprint density at radius 3 is 1.77 bits per heavy atom. The van der Waals surface area contributed by atoms with Gasteiger partial charge >= 0.3 is 0 Å². The van der Waals surface area contributed by atoms with Gasteiger partial charge in [-0.2, -0.15) is 0 Å². The lowest BCUT2D eigenvalue weighted by molar-refractivity contribution is 0.279. The summed E-state index contributed by atoms with van der Waals surface area (Å²) in [6.07, 6.45) is 2.91. The largest absolute Gasteiger partial charge is 0.494 e. The van der Waals surface area contributed by atoms with Crippen molar-refractivity contribution in [2.45, 2.75) is 26.2 Å². The molecule has 0 atom stereocenters. The Balaban J connectivity index is 1.58. The van der Waals surface area contributed by atoms with Crippen molar-refractivity contribution in [3.8, 4) is 11.5 Å². The first-order chi connectivity index (χ1) is 12.6. The number of nitrogen functional groups attached to an aromatic ring is 1. The molecular formula is C20H25N3O3. The summed E-state index contributed by atoms with van der Waals surface area (Å²) in [6, 6.07) is 14.7. The Hall–Kier alpha value is -3.02. The third-order valence-electron chi connectivity index (χ3n) is 3.91. The maximum atomic E-state index is 8.74. The molecule has 0 aliphatic carbocycles. The summed E-state index contributed by atoms with van der Waals surface area (Å²) in [6.45, 7) is 3.04. The fourth-order valence-electron chi connectivity index (χ4n) is 2.34. The number of benzene rings is 2. The lowest BCUT2D eigenvalue weighted by Gasteiger charge is -2.08. The van der Waals surface area contributed by atoms with Gasteiger partial charge in [-0.25, -0.2) is 0 Å². The number of rotatable bonds is 10. The molecule has 0 amide bonds. The van der Waals surface area contributed by atoms with Crippen LogP contribution in [0.1, 0.15) is 37.3 Å². The molecule has 6 heteroatoms. The van der Waals surface area contributed by atoms with Crippen LogP contribution in [0, 0.1) is 5.41 Å². The van der Waals surface area contributed by atoms with Gasteiger partial charge in [0.1, 0.15) is 17.3 Å². The lowest BCUT2D eigenvalue weighted by Crippen LogP contribution is -2.10. The molecule has 0 spiro atoms. The number of hydrogen-bond acceptors (Lipinski definition) is 5. The average Bonchev–Trinajstić information content (AvgIpc) is 2.67. The number of unbranched alkanes of at least 4 members (excludes halogenated alkanes) is 2. The van der Waals surface area contributed by atoms with Crippen LogP contribution in [0.3, 0.4) is 0 Å². The fourth-order valence-corrected chi connectivity index (χ4v) is 2.34. The van der Waals surface area contributed by atoms with Crippen molar-refractivity contribution >= 4 is 11.5 Å². The highest BCUT2D eigenvalue weighted by atomic mass is 16.5. The van der Waals surface area contributed by atoms with Gasteiger partial charge < -0.3 is 20.4 Å². The van der Waals surface area contributed by atoms with Crippen molar-refractivity contribution < 1.29 is 14.7 Å². The molecule has 6 nitrogen and oxygen atoms in total. The van der Waals surface area contributed by atoms with Gasteiger partial charge in [0.15, 0.2) is 0 Å². The van der Waals surface area contributed by atoms with E-state index >= 15 is 0 Å². The number of nitrogens with one attached hydrogen (secondary N) is 1. The second-order valence-corrected chi connectivity index (χ2v) is 5.91. The second-order valence-electron chi connectivity index (χ2n) is 5.91. The van der Waals surface area contributed by atoms with Gasteiger partial charge in [0, 0.05) is 5.56 Å². The molecule has 138 valence electrons. The minimum absolute atomic E-state index is 0.0582. The Kier molecular flexibility index (Phi) is 7.49. The molecule has 0 heterocycles. The van der Waals surface area contributed by atoms with Crippen molar-refractivity contribution in [1.29, 1.82) is 5.41 Å².